The zero-order valence-corrected chi connectivity index (χ0v) is 16.4. The highest BCUT2D eigenvalue weighted by Gasteiger charge is 2.31. The standard InChI is InChI=1S/C17H26N4O5S/c1-2-26-17(23)14-6-5-7-20(10-14)16(22)12-19-11-15(18-13-19)27(24,25)21-8-3-4-9-21/h11,13-14H,2-10,12H2,1H3. The molecule has 150 valence electrons. The van der Waals surface area contributed by atoms with Gasteiger partial charge in [-0.2, -0.15) is 4.31 Å². The number of hydrogen-bond donors (Lipinski definition) is 0. The molecule has 0 N–H and O–H groups in total. The summed E-state index contributed by atoms with van der Waals surface area (Å²) in [5, 5.41) is -0.0276. The van der Waals surface area contributed by atoms with E-state index < -0.39 is 10.0 Å². The maximum absolute atomic E-state index is 12.6. The number of aromatic nitrogens is 2. The Morgan fingerprint density at radius 3 is 2.67 bits per heavy atom. The van der Waals surface area contributed by atoms with Gasteiger partial charge >= 0.3 is 5.97 Å². The van der Waals surface area contributed by atoms with Crippen LogP contribution in [0.3, 0.4) is 0 Å². The fourth-order valence-corrected chi connectivity index (χ4v) is 4.98. The van der Waals surface area contributed by atoms with E-state index in [2.05, 4.69) is 4.98 Å². The van der Waals surface area contributed by atoms with Crippen molar-refractivity contribution in [3.63, 3.8) is 0 Å². The number of likely N-dealkylation sites (tertiary alicyclic amines) is 1. The van der Waals surface area contributed by atoms with Crippen molar-refractivity contribution in [3.8, 4) is 0 Å². The number of rotatable bonds is 6. The Kier molecular flexibility index (Phi) is 6.15. The molecular formula is C17H26N4O5S. The van der Waals surface area contributed by atoms with Crippen molar-refractivity contribution in [2.24, 2.45) is 5.92 Å². The molecule has 2 saturated heterocycles. The van der Waals surface area contributed by atoms with E-state index >= 15 is 0 Å². The number of amides is 1. The van der Waals surface area contributed by atoms with E-state index in [-0.39, 0.29) is 29.4 Å². The summed E-state index contributed by atoms with van der Waals surface area (Å²) in [6.07, 6.45) is 5.94. The van der Waals surface area contributed by atoms with E-state index in [1.807, 2.05) is 0 Å². The Labute approximate surface area is 159 Å². The number of nitrogens with zero attached hydrogens (tertiary/aromatic N) is 4. The molecule has 0 saturated carbocycles. The summed E-state index contributed by atoms with van der Waals surface area (Å²) < 4.78 is 33.0. The number of esters is 1. The van der Waals surface area contributed by atoms with E-state index in [0.717, 1.165) is 19.3 Å². The normalized spacial score (nSPS) is 21.4. The number of sulfonamides is 1. The molecule has 0 radical (unpaired) electrons. The third kappa shape index (κ3) is 4.49. The van der Waals surface area contributed by atoms with Gasteiger partial charge in [-0.15, -0.1) is 0 Å². The molecule has 1 atom stereocenters. The van der Waals surface area contributed by atoms with Crippen LogP contribution in [0.25, 0.3) is 0 Å². The largest absolute Gasteiger partial charge is 0.466 e. The minimum atomic E-state index is -3.59. The van der Waals surface area contributed by atoms with Gasteiger partial charge in [0.1, 0.15) is 6.54 Å². The highest BCUT2D eigenvalue weighted by molar-refractivity contribution is 7.89. The summed E-state index contributed by atoms with van der Waals surface area (Å²) in [5.41, 5.74) is 0. The zero-order chi connectivity index (χ0) is 19.4. The Bertz CT molecular complexity index is 785. The van der Waals surface area contributed by atoms with Crippen molar-refractivity contribution in [2.45, 2.75) is 44.2 Å². The van der Waals surface area contributed by atoms with Crippen LogP contribution in [0.4, 0.5) is 0 Å². The molecule has 0 aliphatic carbocycles. The maximum Gasteiger partial charge on any atom is 0.310 e. The first-order valence-corrected chi connectivity index (χ1v) is 10.8. The first-order chi connectivity index (χ1) is 12.9. The first kappa shape index (κ1) is 19.8. The van der Waals surface area contributed by atoms with Crippen LogP contribution in [0.5, 0.6) is 0 Å². The second-order valence-corrected chi connectivity index (χ2v) is 8.81. The molecule has 27 heavy (non-hydrogen) atoms. The molecule has 2 aliphatic heterocycles. The predicted octanol–water partition coefficient (Wildman–Crippen LogP) is 0.469. The number of hydrogen-bond acceptors (Lipinski definition) is 6. The molecule has 1 aromatic rings. The van der Waals surface area contributed by atoms with Gasteiger partial charge in [-0.05, 0) is 32.6 Å². The SMILES string of the molecule is CCOC(=O)C1CCCN(C(=O)Cn2cnc(S(=O)(=O)N3CCCC3)c2)C1. The van der Waals surface area contributed by atoms with Crippen LogP contribution in [-0.2, 0) is 30.9 Å². The summed E-state index contributed by atoms with van der Waals surface area (Å²) in [6.45, 7) is 4.03. The van der Waals surface area contributed by atoms with Crippen molar-refractivity contribution in [2.75, 3.05) is 32.8 Å². The number of ether oxygens (including phenoxy) is 1. The molecule has 1 amide bonds. The van der Waals surface area contributed by atoms with Gasteiger partial charge < -0.3 is 14.2 Å². The van der Waals surface area contributed by atoms with Gasteiger partial charge in [-0.25, -0.2) is 13.4 Å². The van der Waals surface area contributed by atoms with Gasteiger partial charge in [0, 0.05) is 32.4 Å². The minimum Gasteiger partial charge on any atom is -0.466 e. The van der Waals surface area contributed by atoms with Crippen LogP contribution in [0, 0.1) is 5.92 Å². The number of piperidine rings is 1. The van der Waals surface area contributed by atoms with Crippen LogP contribution in [-0.4, -0.2) is 71.8 Å². The average Bonchev–Trinajstić information content (AvgIpc) is 3.34. The lowest BCUT2D eigenvalue weighted by Crippen LogP contribution is -2.44. The van der Waals surface area contributed by atoms with Gasteiger partial charge in [-0.1, -0.05) is 0 Å². The molecule has 0 bridgehead atoms. The lowest BCUT2D eigenvalue weighted by molar-refractivity contribution is -0.151. The van der Waals surface area contributed by atoms with Gasteiger partial charge in [0.05, 0.1) is 18.9 Å². The lowest BCUT2D eigenvalue weighted by Gasteiger charge is -2.31. The third-order valence-electron chi connectivity index (χ3n) is 4.99. The number of carbonyl (C=O) groups excluding carboxylic acids is 2. The van der Waals surface area contributed by atoms with Gasteiger partial charge in [0.15, 0.2) is 5.03 Å². The van der Waals surface area contributed by atoms with Gasteiger partial charge in [-0.3, -0.25) is 9.59 Å². The summed E-state index contributed by atoms with van der Waals surface area (Å²) in [7, 11) is -3.59. The van der Waals surface area contributed by atoms with Crippen molar-refractivity contribution in [1.82, 2.24) is 18.8 Å². The first-order valence-electron chi connectivity index (χ1n) is 9.38. The third-order valence-corrected chi connectivity index (χ3v) is 6.78. The maximum atomic E-state index is 12.6. The second-order valence-electron chi connectivity index (χ2n) is 6.93. The van der Waals surface area contributed by atoms with Crippen LogP contribution in [0.2, 0.25) is 0 Å². The molecule has 0 aromatic carbocycles. The molecule has 2 fully saturated rings. The Morgan fingerprint density at radius 1 is 1.22 bits per heavy atom. The summed E-state index contributed by atoms with van der Waals surface area (Å²) >= 11 is 0. The van der Waals surface area contributed by atoms with Gasteiger partial charge in [0.25, 0.3) is 10.0 Å². The highest BCUT2D eigenvalue weighted by Crippen LogP contribution is 2.20. The summed E-state index contributed by atoms with van der Waals surface area (Å²) in [5.74, 6) is -0.723. The van der Waals surface area contributed by atoms with Crippen LogP contribution < -0.4 is 0 Å². The molecule has 9 nitrogen and oxygen atoms in total. The zero-order valence-electron chi connectivity index (χ0n) is 15.5. The molecule has 1 aromatic heterocycles. The molecule has 3 rings (SSSR count). The van der Waals surface area contributed by atoms with Crippen LogP contribution in [0.15, 0.2) is 17.6 Å². The quantitative estimate of drug-likeness (QED) is 0.646. The topological polar surface area (TPSA) is 102 Å². The number of imidazole rings is 1. The van der Waals surface area contributed by atoms with E-state index in [1.54, 1.807) is 11.8 Å². The Morgan fingerprint density at radius 2 is 1.96 bits per heavy atom. The van der Waals surface area contributed by atoms with Crippen LogP contribution >= 0.6 is 0 Å². The van der Waals surface area contributed by atoms with Crippen molar-refractivity contribution >= 4 is 21.9 Å². The second kappa shape index (κ2) is 8.39. The molecule has 3 heterocycles. The summed E-state index contributed by atoms with van der Waals surface area (Å²) in [4.78, 5) is 30.1. The molecule has 2 aliphatic rings. The van der Waals surface area contributed by atoms with Crippen molar-refractivity contribution in [1.29, 1.82) is 0 Å². The molecular weight excluding hydrogens is 372 g/mol. The van der Waals surface area contributed by atoms with E-state index in [1.165, 1.54) is 21.4 Å². The van der Waals surface area contributed by atoms with E-state index in [0.29, 0.717) is 39.2 Å². The van der Waals surface area contributed by atoms with Crippen molar-refractivity contribution < 1.29 is 22.7 Å². The molecule has 10 heteroatoms. The highest BCUT2D eigenvalue weighted by atomic mass is 32.2. The molecule has 0 spiro atoms. The Balaban J connectivity index is 1.61. The smallest absolute Gasteiger partial charge is 0.310 e. The Hall–Kier alpha value is -1.94. The van der Waals surface area contributed by atoms with Crippen molar-refractivity contribution in [3.05, 3.63) is 12.5 Å². The summed E-state index contributed by atoms with van der Waals surface area (Å²) in [6, 6.07) is 0. The molecule has 1 unspecified atom stereocenters. The lowest BCUT2D eigenvalue weighted by atomic mass is 9.98. The van der Waals surface area contributed by atoms with Crippen LogP contribution in [0.1, 0.15) is 32.6 Å². The minimum absolute atomic E-state index is 0.00192. The monoisotopic (exact) mass is 398 g/mol. The fraction of sp³-hybridized carbons (Fsp3) is 0.706. The predicted molar refractivity (Wildman–Crippen MR) is 96.2 cm³/mol. The van der Waals surface area contributed by atoms with E-state index in [4.69, 9.17) is 4.74 Å². The van der Waals surface area contributed by atoms with E-state index in [9.17, 15) is 18.0 Å². The van der Waals surface area contributed by atoms with Gasteiger partial charge in [0.2, 0.25) is 5.91 Å². The average molecular weight is 398 g/mol. The number of carbonyl (C=O) groups is 2. The fourth-order valence-electron chi connectivity index (χ4n) is 3.53.